The molecule has 0 spiro atoms. The summed E-state index contributed by atoms with van der Waals surface area (Å²) in [6.45, 7) is 1.55. The number of carbonyl (C=O) groups excluding carboxylic acids is 1. The average molecular weight is 437 g/mol. The number of carbonyl (C=O) groups is 1. The van der Waals surface area contributed by atoms with Crippen molar-refractivity contribution in [2.24, 2.45) is 0 Å². The molecular formula is C28H21ClN2O. The topological polar surface area (TPSA) is 34.9 Å². The molecule has 5 aromatic rings. The Morgan fingerprint density at radius 3 is 2.41 bits per heavy atom. The molecule has 156 valence electrons. The third kappa shape index (κ3) is 3.83. The Kier molecular flexibility index (Phi) is 5.34. The number of rotatable bonds is 5. The quantitative estimate of drug-likeness (QED) is 0.274. The van der Waals surface area contributed by atoms with Crippen molar-refractivity contribution in [1.82, 2.24) is 9.55 Å². The first-order chi connectivity index (χ1) is 15.6. The number of benzene rings is 4. The minimum absolute atomic E-state index is 0.0850. The van der Waals surface area contributed by atoms with Gasteiger partial charge in [-0.3, -0.25) is 9.36 Å². The molecule has 1 heterocycles. The average Bonchev–Trinajstić information content (AvgIpc) is 3.19. The Morgan fingerprint density at radius 2 is 1.59 bits per heavy atom. The van der Waals surface area contributed by atoms with Crippen LogP contribution in [0.25, 0.3) is 27.8 Å². The Balaban J connectivity index is 1.61. The van der Waals surface area contributed by atoms with Crippen molar-refractivity contribution in [2.45, 2.75) is 13.3 Å². The molecule has 0 N–H and O–H groups in total. The number of imidazole rings is 1. The number of nitrogens with zero attached hydrogens (tertiary/aromatic N) is 2. The van der Waals surface area contributed by atoms with Crippen molar-refractivity contribution in [3.05, 3.63) is 119 Å². The molecule has 0 bridgehead atoms. The first-order valence-corrected chi connectivity index (χ1v) is 10.9. The summed E-state index contributed by atoms with van der Waals surface area (Å²) in [6, 6.07) is 32.7. The van der Waals surface area contributed by atoms with E-state index in [-0.39, 0.29) is 5.78 Å². The van der Waals surface area contributed by atoms with E-state index in [1.165, 1.54) is 16.7 Å². The zero-order valence-electron chi connectivity index (χ0n) is 17.6. The zero-order valence-corrected chi connectivity index (χ0v) is 18.4. The van der Waals surface area contributed by atoms with Crippen LogP contribution in [0.3, 0.4) is 0 Å². The number of fused-ring (bicyclic) bond motifs is 1. The highest BCUT2D eigenvalue weighted by molar-refractivity contribution is 6.31. The third-order valence-electron chi connectivity index (χ3n) is 5.59. The van der Waals surface area contributed by atoms with Gasteiger partial charge in [-0.2, -0.15) is 0 Å². The lowest BCUT2D eigenvalue weighted by atomic mass is 9.98. The number of halogens is 1. The summed E-state index contributed by atoms with van der Waals surface area (Å²) in [7, 11) is 0. The maximum absolute atomic E-state index is 12.4. The second kappa shape index (κ2) is 8.45. The van der Waals surface area contributed by atoms with Crippen LogP contribution in [0.4, 0.5) is 0 Å². The SMILES string of the molecule is CC(=O)c1nc2cc(Cl)ccc2n1-c1ccccc1Cc1cccc(-c2ccccc2)c1. The number of hydrogen-bond donors (Lipinski definition) is 0. The third-order valence-corrected chi connectivity index (χ3v) is 5.83. The Bertz CT molecular complexity index is 1440. The molecular weight excluding hydrogens is 416 g/mol. The molecule has 0 aliphatic carbocycles. The van der Waals surface area contributed by atoms with Gasteiger partial charge in [0.05, 0.1) is 16.7 Å². The highest BCUT2D eigenvalue weighted by atomic mass is 35.5. The van der Waals surface area contributed by atoms with E-state index in [1.807, 2.05) is 41.0 Å². The molecule has 0 aliphatic heterocycles. The van der Waals surface area contributed by atoms with Gasteiger partial charge in [-0.25, -0.2) is 4.98 Å². The van der Waals surface area contributed by atoms with Gasteiger partial charge in [0.15, 0.2) is 11.6 Å². The Labute approximate surface area is 191 Å². The van der Waals surface area contributed by atoms with E-state index in [0.717, 1.165) is 23.2 Å². The van der Waals surface area contributed by atoms with Crippen molar-refractivity contribution in [3.8, 4) is 16.8 Å². The van der Waals surface area contributed by atoms with Crippen LogP contribution in [-0.2, 0) is 6.42 Å². The predicted molar refractivity (Wildman–Crippen MR) is 131 cm³/mol. The molecule has 0 amide bonds. The van der Waals surface area contributed by atoms with E-state index >= 15 is 0 Å². The van der Waals surface area contributed by atoms with Crippen molar-refractivity contribution in [2.75, 3.05) is 0 Å². The van der Waals surface area contributed by atoms with Gasteiger partial charge < -0.3 is 0 Å². The van der Waals surface area contributed by atoms with Gasteiger partial charge in [0.2, 0.25) is 0 Å². The van der Waals surface area contributed by atoms with Crippen LogP contribution in [0.1, 0.15) is 28.7 Å². The first-order valence-electron chi connectivity index (χ1n) is 10.5. The molecule has 0 fully saturated rings. The number of para-hydroxylation sites is 1. The van der Waals surface area contributed by atoms with Gasteiger partial charge in [-0.05, 0) is 52.9 Å². The zero-order chi connectivity index (χ0) is 22.1. The van der Waals surface area contributed by atoms with Gasteiger partial charge >= 0.3 is 0 Å². The number of hydrogen-bond acceptors (Lipinski definition) is 2. The molecule has 0 atom stereocenters. The standard InChI is InChI=1S/C28H21ClN2O/c1-19(32)28-30-25-18-24(29)14-15-27(25)31(28)26-13-6-5-11-23(26)17-20-8-7-12-22(16-20)21-9-3-2-4-10-21/h2-16,18H,17H2,1H3. The Morgan fingerprint density at radius 1 is 0.844 bits per heavy atom. The fourth-order valence-corrected chi connectivity index (χ4v) is 4.29. The number of ketones is 1. The van der Waals surface area contributed by atoms with E-state index in [2.05, 4.69) is 59.6 Å². The fraction of sp³-hybridized carbons (Fsp3) is 0.0714. The van der Waals surface area contributed by atoms with Crippen molar-refractivity contribution >= 4 is 28.4 Å². The summed E-state index contributed by atoms with van der Waals surface area (Å²) < 4.78 is 1.95. The molecule has 1 aromatic heterocycles. The normalized spacial score (nSPS) is 11.1. The van der Waals surface area contributed by atoms with Crippen molar-refractivity contribution in [3.63, 3.8) is 0 Å². The summed E-state index contributed by atoms with van der Waals surface area (Å²) >= 11 is 6.18. The molecule has 3 nitrogen and oxygen atoms in total. The smallest absolute Gasteiger partial charge is 0.195 e. The highest BCUT2D eigenvalue weighted by Crippen LogP contribution is 2.28. The van der Waals surface area contributed by atoms with Crippen LogP contribution in [0, 0.1) is 0 Å². The summed E-state index contributed by atoms with van der Waals surface area (Å²) in [5.41, 5.74) is 7.23. The van der Waals surface area contributed by atoms with E-state index in [1.54, 1.807) is 13.0 Å². The summed E-state index contributed by atoms with van der Waals surface area (Å²) in [5, 5.41) is 0.600. The van der Waals surface area contributed by atoms with Gasteiger partial charge in [0, 0.05) is 11.9 Å². The summed E-state index contributed by atoms with van der Waals surface area (Å²) in [6.07, 6.45) is 0.738. The predicted octanol–water partition coefficient (Wildman–Crippen LogP) is 7.14. The van der Waals surface area contributed by atoms with Gasteiger partial charge in [0.25, 0.3) is 0 Å². The van der Waals surface area contributed by atoms with Crippen LogP contribution in [-0.4, -0.2) is 15.3 Å². The summed E-state index contributed by atoms with van der Waals surface area (Å²) in [4.78, 5) is 17.0. The molecule has 0 saturated carbocycles. The minimum atomic E-state index is -0.0850. The van der Waals surface area contributed by atoms with Crippen LogP contribution < -0.4 is 0 Å². The van der Waals surface area contributed by atoms with E-state index < -0.39 is 0 Å². The molecule has 0 unspecified atom stereocenters. The van der Waals surface area contributed by atoms with Gasteiger partial charge in [0.1, 0.15) is 0 Å². The highest BCUT2D eigenvalue weighted by Gasteiger charge is 2.18. The lowest BCUT2D eigenvalue weighted by molar-refractivity contribution is 0.100. The van der Waals surface area contributed by atoms with E-state index in [0.29, 0.717) is 16.4 Å². The lowest BCUT2D eigenvalue weighted by Gasteiger charge is -2.14. The second-order valence-corrected chi connectivity index (χ2v) is 8.27. The lowest BCUT2D eigenvalue weighted by Crippen LogP contribution is -2.08. The van der Waals surface area contributed by atoms with Crippen LogP contribution in [0.5, 0.6) is 0 Å². The monoisotopic (exact) mass is 436 g/mol. The van der Waals surface area contributed by atoms with E-state index in [4.69, 9.17) is 11.6 Å². The summed E-state index contributed by atoms with van der Waals surface area (Å²) in [5.74, 6) is 0.325. The molecule has 0 radical (unpaired) electrons. The largest absolute Gasteiger partial charge is 0.291 e. The molecule has 4 aromatic carbocycles. The second-order valence-electron chi connectivity index (χ2n) is 7.83. The number of Topliss-reactive ketones (excluding diaryl/α,β-unsaturated/α-hetero) is 1. The van der Waals surface area contributed by atoms with Crippen LogP contribution >= 0.6 is 11.6 Å². The van der Waals surface area contributed by atoms with Gasteiger partial charge in [-0.15, -0.1) is 0 Å². The minimum Gasteiger partial charge on any atom is -0.291 e. The van der Waals surface area contributed by atoms with Crippen LogP contribution in [0.15, 0.2) is 97.1 Å². The maximum Gasteiger partial charge on any atom is 0.195 e. The fourth-order valence-electron chi connectivity index (χ4n) is 4.12. The first kappa shape index (κ1) is 20.2. The molecule has 32 heavy (non-hydrogen) atoms. The molecule has 5 rings (SSSR count). The molecule has 4 heteroatoms. The Hall–Kier alpha value is -3.69. The van der Waals surface area contributed by atoms with E-state index in [9.17, 15) is 4.79 Å². The van der Waals surface area contributed by atoms with Crippen LogP contribution in [0.2, 0.25) is 5.02 Å². The molecule has 0 saturated heterocycles. The molecule has 0 aliphatic rings. The van der Waals surface area contributed by atoms with Crippen molar-refractivity contribution in [1.29, 1.82) is 0 Å². The maximum atomic E-state index is 12.4. The van der Waals surface area contributed by atoms with Crippen molar-refractivity contribution < 1.29 is 4.79 Å². The van der Waals surface area contributed by atoms with Gasteiger partial charge in [-0.1, -0.05) is 84.4 Å². The number of aromatic nitrogens is 2.